The van der Waals surface area contributed by atoms with Gasteiger partial charge in [-0.3, -0.25) is 10.1 Å². The Morgan fingerprint density at radius 3 is 1.77 bits per heavy atom. The van der Waals surface area contributed by atoms with Crippen LogP contribution in [0.5, 0.6) is 0 Å². The topological polar surface area (TPSA) is 80.1 Å². The third kappa shape index (κ3) is 8.86. The maximum absolute atomic E-state index is 10.7. The lowest BCUT2D eigenvalue weighted by Crippen LogP contribution is -2.66. The lowest BCUT2D eigenvalue weighted by atomic mass is 10.1. The molecule has 7 nitrogen and oxygen atoms in total. The van der Waals surface area contributed by atoms with E-state index in [1.165, 1.54) is 22.5 Å². The molecule has 0 saturated heterocycles. The molecule has 0 N–H and O–H groups in total. The van der Waals surface area contributed by atoms with E-state index in [4.69, 9.17) is 18.6 Å². The number of hydrogen-bond acceptors (Lipinski definition) is 6. The molecule has 3 aromatic rings. The van der Waals surface area contributed by atoms with E-state index in [-0.39, 0.29) is 10.7 Å². The maximum atomic E-state index is 10.7. The van der Waals surface area contributed by atoms with Crippen LogP contribution in [0.1, 0.15) is 26.3 Å². The Balaban J connectivity index is 1.34. The molecule has 0 aromatic heterocycles. The van der Waals surface area contributed by atoms with Gasteiger partial charge in [0.25, 0.3) is 14.0 Å². The number of nitro benzene ring substituents is 1. The van der Waals surface area contributed by atoms with Gasteiger partial charge in [0, 0.05) is 12.1 Å². The normalized spacial score (nSPS) is 12.1. The molecule has 0 aliphatic heterocycles. The Morgan fingerprint density at radius 2 is 1.26 bits per heavy atom. The average molecular weight is 550 g/mol. The number of benzene rings is 3. The quantitative estimate of drug-likeness (QED) is 0.0796. The van der Waals surface area contributed by atoms with E-state index >= 15 is 0 Å². The highest BCUT2D eigenvalue weighted by Gasteiger charge is 2.49. The zero-order chi connectivity index (χ0) is 28.0. The smallest absolute Gasteiger partial charge is 0.269 e. The number of ether oxygens (including phenoxy) is 3. The van der Waals surface area contributed by atoms with Crippen LogP contribution in [0.4, 0.5) is 5.69 Å². The average Bonchev–Trinajstić information content (AvgIpc) is 2.94. The molecule has 39 heavy (non-hydrogen) atoms. The van der Waals surface area contributed by atoms with Crippen molar-refractivity contribution in [3.05, 3.63) is 113 Å². The number of hydrogen-bond donors (Lipinski definition) is 0. The lowest BCUT2D eigenvalue weighted by Gasteiger charge is -2.43. The first kappa shape index (κ1) is 30.2. The summed E-state index contributed by atoms with van der Waals surface area (Å²) in [5.74, 6) is 0. The van der Waals surface area contributed by atoms with Crippen molar-refractivity contribution < 1.29 is 23.6 Å². The first-order valence-electron chi connectivity index (χ1n) is 13.2. The van der Waals surface area contributed by atoms with Gasteiger partial charge in [0.15, 0.2) is 0 Å². The lowest BCUT2D eigenvalue weighted by molar-refractivity contribution is -0.384. The van der Waals surface area contributed by atoms with Crippen LogP contribution in [-0.4, -0.2) is 52.9 Å². The van der Waals surface area contributed by atoms with E-state index in [0.29, 0.717) is 46.1 Å². The third-order valence-electron chi connectivity index (χ3n) is 6.37. The molecule has 0 radical (unpaired) electrons. The summed E-state index contributed by atoms with van der Waals surface area (Å²) in [4.78, 5) is 10.3. The van der Waals surface area contributed by atoms with E-state index < -0.39 is 13.2 Å². The monoisotopic (exact) mass is 549 g/mol. The minimum absolute atomic E-state index is 0.0604. The molecule has 0 unspecified atom stereocenters. The summed E-state index contributed by atoms with van der Waals surface area (Å²) in [6.07, 6.45) is 4.14. The molecule has 0 saturated carbocycles. The van der Waals surface area contributed by atoms with Gasteiger partial charge in [0.05, 0.1) is 44.2 Å². The highest BCUT2D eigenvalue weighted by atomic mass is 28.4. The standard InChI is InChI=1S/C31H39NO6Si/c1-31(2,3)39(29-12-6-4-7-13-29,30-14-8-5-9-15-30)38-26-25-37-24-23-36-22-21-35-20-10-11-27-16-18-28(19-17-27)32(33)34/h4-10,12-20H,11,21-26H2,1-3H3/b20-10+. The van der Waals surface area contributed by atoms with E-state index in [9.17, 15) is 10.1 Å². The van der Waals surface area contributed by atoms with Crippen LogP contribution in [0, 0.1) is 10.1 Å². The zero-order valence-electron chi connectivity index (χ0n) is 23.1. The predicted octanol–water partition coefficient (Wildman–Crippen LogP) is 5.28. The number of non-ortho nitro benzene ring substituents is 1. The van der Waals surface area contributed by atoms with E-state index in [1.807, 2.05) is 18.2 Å². The fourth-order valence-corrected chi connectivity index (χ4v) is 9.06. The largest absolute Gasteiger partial charge is 0.499 e. The molecule has 8 heteroatoms. The fraction of sp³-hybridized carbons (Fsp3) is 0.355. The van der Waals surface area contributed by atoms with Gasteiger partial charge in [0.2, 0.25) is 0 Å². The second-order valence-corrected chi connectivity index (χ2v) is 14.4. The van der Waals surface area contributed by atoms with Gasteiger partial charge >= 0.3 is 0 Å². The van der Waals surface area contributed by atoms with Crippen molar-refractivity contribution in [1.29, 1.82) is 0 Å². The summed E-state index contributed by atoms with van der Waals surface area (Å²) in [6.45, 7) is 9.67. The molecule has 208 valence electrons. The van der Waals surface area contributed by atoms with Crippen molar-refractivity contribution >= 4 is 24.4 Å². The minimum atomic E-state index is -2.54. The van der Waals surface area contributed by atoms with Crippen molar-refractivity contribution in [2.75, 3.05) is 39.6 Å². The first-order chi connectivity index (χ1) is 18.8. The molecule has 0 fully saturated rings. The number of rotatable bonds is 16. The molecular weight excluding hydrogens is 510 g/mol. The van der Waals surface area contributed by atoms with Gasteiger partial charge in [-0.15, -0.1) is 0 Å². The maximum Gasteiger partial charge on any atom is 0.269 e. The molecule has 0 aliphatic carbocycles. The van der Waals surface area contributed by atoms with Crippen LogP contribution >= 0.6 is 0 Å². The molecule has 0 spiro atoms. The van der Waals surface area contributed by atoms with Crippen molar-refractivity contribution in [2.24, 2.45) is 0 Å². The zero-order valence-corrected chi connectivity index (χ0v) is 24.1. The van der Waals surface area contributed by atoms with E-state index in [1.54, 1.807) is 18.4 Å². The Hall–Kier alpha value is -3.30. The molecule has 0 aliphatic rings. The Morgan fingerprint density at radius 1 is 0.744 bits per heavy atom. The Kier molecular flexibility index (Phi) is 11.9. The summed E-state index contributed by atoms with van der Waals surface area (Å²) in [5, 5.41) is 13.2. The molecule has 3 rings (SSSR count). The second-order valence-electron chi connectivity index (χ2n) is 10.1. The van der Waals surface area contributed by atoms with Crippen LogP contribution in [0.25, 0.3) is 0 Å². The number of nitro groups is 1. The summed E-state index contributed by atoms with van der Waals surface area (Å²) >= 11 is 0. The molecule has 0 bridgehead atoms. The Labute approximate surface area is 232 Å². The van der Waals surface area contributed by atoms with Gasteiger partial charge in [-0.2, -0.15) is 0 Å². The van der Waals surface area contributed by atoms with Crippen LogP contribution in [0.15, 0.2) is 97.3 Å². The van der Waals surface area contributed by atoms with Gasteiger partial charge < -0.3 is 18.6 Å². The highest BCUT2D eigenvalue weighted by Crippen LogP contribution is 2.36. The van der Waals surface area contributed by atoms with Gasteiger partial charge in [-0.25, -0.2) is 0 Å². The number of allylic oxidation sites excluding steroid dienone is 1. The van der Waals surface area contributed by atoms with E-state index in [2.05, 4.69) is 69.3 Å². The molecule has 3 aromatic carbocycles. The minimum Gasteiger partial charge on any atom is -0.499 e. The van der Waals surface area contributed by atoms with Crippen molar-refractivity contribution in [3.8, 4) is 0 Å². The van der Waals surface area contributed by atoms with Crippen molar-refractivity contribution in [2.45, 2.75) is 32.2 Å². The first-order valence-corrected chi connectivity index (χ1v) is 15.2. The summed E-state index contributed by atoms with van der Waals surface area (Å²) < 4.78 is 23.7. The summed E-state index contributed by atoms with van der Waals surface area (Å²) in [7, 11) is -2.54. The van der Waals surface area contributed by atoms with Crippen LogP contribution < -0.4 is 10.4 Å². The Bertz CT molecular complexity index is 1110. The molecule has 0 heterocycles. The van der Waals surface area contributed by atoms with Crippen LogP contribution in [0.2, 0.25) is 5.04 Å². The number of nitrogens with zero attached hydrogens (tertiary/aromatic N) is 1. The SMILES string of the molecule is CC(C)(C)[Si](OCCOCCOCCO/C=C/Cc1ccc([N+](=O)[O-])cc1)(c1ccccc1)c1ccccc1. The third-order valence-corrected chi connectivity index (χ3v) is 11.4. The fourth-order valence-electron chi connectivity index (χ4n) is 4.52. The van der Waals surface area contributed by atoms with Crippen molar-refractivity contribution in [3.63, 3.8) is 0 Å². The van der Waals surface area contributed by atoms with Gasteiger partial charge in [-0.1, -0.05) is 93.6 Å². The van der Waals surface area contributed by atoms with Crippen molar-refractivity contribution in [1.82, 2.24) is 0 Å². The molecular formula is C31H39NO6Si. The molecule has 0 amide bonds. The predicted molar refractivity (Wildman–Crippen MR) is 157 cm³/mol. The van der Waals surface area contributed by atoms with Crippen LogP contribution in [-0.2, 0) is 25.1 Å². The summed E-state index contributed by atoms with van der Waals surface area (Å²) in [5.41, 5.74) is 1.07. The summed E-state index contributed by atoms with van der Waals surface area (Å²) in [6, 6.07) is 27.7. The molecule has 0 atom stereocenters. The second kappa shape index (κ2) is 15.3. The highest BCUT2D eigenvalue weighted by molar-refractivity contribution is 6.99. The van der Waals surface area contributed by atoms with Gasteiger partial charge in [-0.05, 0) is 33.5 Å². The van der Waals surface area contributed by atoms with Gasteiger partial charge in [0.1, 0.15) is 6.61 Å². The van der Waals surface area contributed by atoms with Crippen LogP contribution in [0.3, 0.4) is 0 Å². The van der Waals surface area contributed by atoms with E-state index in [0.717, 1.165) is 5.56 Å².